The van der Waals surface area contributed by atoms with E-state index in [2.05, 4.69) is 4.98 Å². The number of amides is 1. The van der Waals surface area contributed by atoms with Gasteiger partial charge in [0, 0.05) is 18.7 Å². The van der Waals surface area contributed by atoms with Crippen molar-refractivity contribution in [3.63, 3.8) is 0 Å². The number of carbonyl (C=O) groups excluding carboxylic acids is 1. The molecule has 1 aliphatic heterocycles. The summed E-state index contributed by atoms with van der Waals surface area (Å²) in [4.78, 5) is 18.7. The van der Waals surface area contributed by atoms with E-state index >= 15 is 0 Å². The molecule has 1 atom stereocenters. The highest BCUT2D eigenvalue weighted by Crippen LogP contribution is 2.23. The number of hydrogen-bond donors (Lipinski definition) is 0. The first kappa shape index (κ1) is 17.1. The van der Waals surface area contributed by atoms with E-state index < -0.39 is 9.84 Å². The average molecular weight is 364 g/mol. The van der Waals surface area contributed by atoms with Gasteiger partial charge in [-0.1, -0.05) is 19.1 Å². The number of nitrogens with zero attached hydrogens (tertiary/aromatic N) is 2. The van der Waals surface area contributed by atoms with Crippen LogP contribution in [-0.4, -0.2) is 48.3 Å². The molecule has 0 bridgehead atoms. The van der Waals surface area contributed by atoms with Crippen LogP contribution in [0, 0.1) is 0 Å². The normalized spacial score (nSPS) is 20.0. The summed E-state index contributed by atoms with van der Waals surface area (Å²) in [6.07, 6.45) is 4.57. The van der Waals surface area contributed by atoms with Gasteiger partial charge in [-0.05, 0) is 31.1 Å². The van der Waals surface area contributed by atoms with Gasteiger partial charge >= 0.3 is 0 Å². The first-order valence-electron chi connectivity index (χ1n) is 8.03. The average Bonchev–Trinajstić information content (AvgIpc) is 3.12. The Morgan fingerprint density at radius 1 is 1.42 bits per heavy atom. The van der Waals surface area contributed by atoms with Crippen molar-refractivity contribution < 1.29 is 13.2 Å². The molecule has 1 amide bonds. The van der Waals surface area contributed by atoms with Crippen LogP contribution in [0.1, 0.15) is 24.8 Å². The Hall–Kier alpha value is -1.73. The molecule has 0 spiro atoms. The van der Waals surface area contributed by atoms with Crippen molar-refractivity contribution >= 4 is 43.4 Å². The Labute approximate surface area is 145 Å². The van der Waals surface area contributed by atoms with Gasteiger partial charge in [0.2, 0.25) is 5.91 Å². The standard InChI is InChI=1S/C17H20N2O3S2/c1-2-10-19(13-9-11-24(21,22)12-13)17(20)8-7-16-18-14-5-3-4-6-15(14)23-16/h3-8,13H,2,9-12H2,1H3. The molecule has 7 heteroatoms. The molecule has 1 fully saturated rings. The molecule has 5 nitrogen and oxygen atoms in total. The number of para-hydroxylation sites is 1. The summed E-state index contributed by atoms with van der Waals surface area (Å²) >= 11 is 1.53. The van der Waals surface area contributed by atoms with Gasteiger partial charge in [0.1, 0.15) is 5.01 Å². The largest absolute Gasteiger partial charge is 0.335 e. The minimum absolute atomic E-state index is 0.0771. The smallest absolute Gasteiger partial charge is 0.246 e. The summed E-state index contributed by atoms with van der Waals surface area (Å²) in [5.74, 6) is 0.110. The molecule has 1 aliphatic rings. The highest BCUT2D eigenvalue weighted by Gasteiger charge is 2.33. The van der Waals surface area contributed by atoms with Crippen LogP contribution < -0.4 is 0 Å². The van der Waals surface area contributed by atoms with Crippen LogP contribution in [0.3, 0.4) is 0 Å². The van der Waals surface area contributed by atoms with Crippen LogP contribution in [0.5, 0.6) is 0 Å². The quantitative estimate of drug-likeness (QED) is 0.765. The lowest BCUT2D eigenvalue weighted by atomic mass is 10.2. The van der Waals surface area contributed by atoms with Crippen molar-refractivity contribution in [3.8, 4) is 0 Å². The van der Waals surface area contributed by atoms with Crippen LogP contribution in [0.25, 0.3) is 16.3 Å². The first-order valence-corrected chi connectivity index (χ1v) is 10.7. The summed E-state index contributed by atoms with van der Waals surface area (Å²) in [7, 11) is -3.01. The fraction of sp³-hybridized carbons (Fsp3) is 0.412. The molecule has 128 valence electrons. The van der Waals surface area contributed by atoms with Gasteiger partial charge in [-0.15, -0.1) is 11.3 Å². The van der Waals surface area contributed by atoms with E-state index in [0.717, 1.165) is 21.6 Å². The molecule has 1 aromatic carbocycles. The molecule has 0 aliphatic carbocycles. The van der Waals surface area contributed by atoms with Gasteiger partial charge in [-0.3, -0.25) is 4.79 Å². The minimum atomic E-state index is -3.01. The first-order chi connectivity index (χ1) is 11.5. The highest BCUT2D eigenvalue weighted by molar-refractivity contribution is 7.91. The van der Waals surface area contributed by atoms with Crippen LogP contribution in [0.4, 0.5) is 0 Å². The third-order valence-corrected chi connectivity index (χ3v) is 6.83. The van der Waals surface area contributed by atoms with Crippen LogP contribution in [0.15, 0.2) is 30.3 Å². The summed E-state index contributed by atoms with van der Waals surface area (Å²) in [5, 5.41) is 0.778. The third-order valence-electron chi connectivity index (χ3n) is 4.08. The SMILES string of the molecule is CCCN(C(=O)C=Cc1nc2ccccc2s1)C1CCS(=O)(=O)C1. The second-order valence-corrected chi connectivity index (χ2v) is 9.23. The van der Waals surface area contributed by atoms with Gasteiger partial charge in [0.05, 0.1) is 21.7 Å². The predicted molar refractivity (Wildman–Crippen MR) is 97.7 cm³/mol. The fourth-order valence-electron chi connectivity index (χ4n) is 2.93. The van der Waals surface area contributed by atoms with E-state index in [0.29, 0.717) is 13.0 Å². The van der Waals surface area contributed by atoms with E-state index in [4.69, 9.17) is 0 Å². The second-order valence-electron chi connectivity index (χ2n) is 5.94. The molecular formula is C17H20N2O3S2. The van der Waals surface area contributed by atoms with Crippen molar-refractivity contribution in [3.05, 3.63) is 35.3 Å². The number of benzene rings is 1. The van der Waals surface area contributed by atoms with Crippen molar-refractivity contribution in [2.24, 2.45) is 0 Å². The van der Waals surface area contributed by atoms with Crippen LogP contribution in [0.2, 0.25) is 0 Å². The number of carbonyl (C=O) groups is 1. The zero-order valence-corrected chi connectivity index (χ0v) is 15.1. The molecule has 3 rings (SSSR count). The van der Waals surface area contributed by atoms with Gasteiger partial charge in [-0.2, -0.15) is 0 Å². The van der Waals surface area contributed by atoms with Crippen molar-refractivity contribution in [2.45, 2.75) is 25.8 Å². The number of hydrogen-bond acceptors (Lipinski definition) is 5. The Morgan fingerprint density at radius 3 is 2.88 bits per heavy atom. The van der Waals surface area contributed by atoms with Gasteiger partial charge in [-0.25, -0.2) is 13.4 Å². The molecule has 1 aromatic heterocycles. The molecule has 2 heterocycles. The van der Waals surface area contributed by atoms with E-state index in [1.807, 2.05) is 31.2 Å². The maximum Gasteiger partial charge on any atom is 0.246 e. The van der Waals surface area contributed by atoms with Gasteiger partial charge in [0.25, 0.3) is 0 Å². The van der Waals surface area contributed by atoms with Crippen LogP contribution in [-0.2, 0) is 14.6 Å². The maximum atomic E-state index is 12.5. The van der Waals surface area contributed by atoms with Crippen molar-refractivity contribution in [2.75, 3.05) is 18.1 Å². The Balaban J connectivity index is 1.75. The van der Waals surface area contributed by atoms with E-state index in [9.17, 15) is 13.2 Å². The second kappa shape index (κ2) is 7.03. The molecule has 1 saturated heterocycles. The van der Waals surface area contributed by atoms with Crippen molar-refractivity contribution in [1.82, 2.24) is 9.88 Å². The highest BCUT2D eigenvalue weighted by atomic mass is 32.2. The zero-order valence-electron chi connectivity index (χ0n) is 13.5. The fourth-order valence-corrected chi connectivity index (χ4v) is 5.54. The van der Waals surface area contributed by atoms with Gasteiger partial charge < -0.3 is 4.90 Å². The lowest BCUT2D eigenvalue weighted by Crippen LogP contribution is -2.40. The minimum Gasteiger partial charge on any atom is -0.335 e. The molecule has 0 N–H and O–H groups in total. The molecular weight excluding hydrogens is 344 g/mol. The summed E-state index contributed by atoms with van der Waals surface area (Å²) in [5.41, 5.74) is 0.918. The monoisotopic (exact) mass is 364 g/mol. The number of thiazole rings is 1. The Kier molecular flexibility index (Phi) is 5.01. The lowest BCUT2D eigenvalue weighted by molar-refractivity contribution is -0.127. The molecule has 2 aromatic rings. The van der Waals surface area contributed by atoms with E-state index in [1.165, 1.54) is 17.4 Å². The third kappa shape index (κ3) is 3.84. The molecule has 24 heavy (non-hydrogen) atoms. The topological polar surface area (TPSA) is 67.3 Å². The maximum absolute atomic E-state index is 12.5. The van der Waals surface area contributed by atoms with E-state index in [-0.39, 0.29) is 23.5 Å². The predicted octanol–water partition coefficient (Wildman–Crippen LogP) is 2.74. The number of rotatable bonds is 5. The van der Waals surface area contributed by atoms with Crippen LogP contribution >= 0.6 is 11.3 Å². The summed E-state index contributed by atoms with van der Waals surface area (Å²) < 4.78 is 24.5. The molecule has 1 unspecified atom stereocenters. The number of fused-ring (bicyclic) bond motifs is 1. The Morgan fingerprint density at radius 2 is 2.21 bits per heavy atom. The summed E-state index contributed by atoms with van der Waals surface area (Å²) in [6.45, 7) is 2.56. The Bertz CT molecular complexity index is 838. The summed E-state index contributed by atoms with van der Waals surface area (Å²) in [6, 6.07) is 7.63. The van der Waals surface area contributed by atoms with Gasteiger partial charge in [0.15, 0.2) is 9.84 Å². The lowest BCUT2D eigenvalue weighted by Gasteiger charge is -2.26. The molecule has 0 radical (unpaired) electrons. The molecule has 0 saturated carbocycles. The van der Waals surface area contributed by atoms with E-state index in [1.54, 1.807) is 11.0 Å². The number of aromatic nitrogens is 1. The number of sulfone groups is 1. The van der Waals surface area contributed by atoms with Crippen molar-refractivity contribution in [1.29, 1.82) is 0 Å². The zero-order chi connectivity index (χ0) is 17.2.